The van der Waals surface area contributed by atoms with Gasteiger partial charge in [-0.1, -0.05) is 85.3 Å². The molecule has 0 saturated heterocycles. The van der Waals surface area contributed by atoms with Crippen LogP contribution in [0, 0.1) is 12.7 Å². The summed E-state index contributed by atoms with van der Waals surface area (Å²) < 4.78 is 14.6. The molecule has 1 N–H and O–H groups in total. The monoisotopic (exact) mass is 460 g/mol. The van der Waals surface area contributed by atoms with Crippen LogP contribution in [0.5, 0.6) is 0 Å². The Balaban J connectivity index is 1.89. The molecule has 0 aliphatic heterocycles. The van der Waals surface area contributed by atoms with Crippen molar-refractivity contribution in [1.82, 2.24) is 10.2 Å². The van der Waals surface area contributed by atoms with Gasteiger partial charge in [0.15, 0.2) is 0 Å². The third-order valence-electron chi connectivity index (χ3n) is 5.87. The molecule has 5 heteroatoms. The summed E-state index contributed by atoms with van der Waals surface area (Å²) in [6, 6.07) is 23.4. The van der Waals surface area contributed by atoms with Gasteiger partial charge in [-0.25, -0.2) is 4.39 Å². The van der Waals surface area contributed by atoms with E-state index in [1.807, 2.05) is 68.4 Å². The van der Waals surface area contributed by atoms with Crippen LogP contribution in [-0.4, -0.2) is 29.3 Å². The maximum Gasteiger partial charge on any atom is 0.243 e. The summed E-state index contributed by atoms with van der Waals surface area (Å²) in [4.78, 5) is 28.3. The number of amides is 2. The number of nitrogens with one attached hydrogen (secondary N) is 1. The minimum absolute atomic E-state index is 0.0381. The summed E-state index contributed by atoms with van der Waals surface area (Å²) in [5.74, 6) is -0.770. The van der Waals surface area contributed by atoms with E-state index in [2.05, 4.69) is 5.32 Å². The number of benzene rings is 3. The molecule has 3 rings (SSSR count). The molecular weight excluding hydrogens is 427 g/mol. The molecule has 0 aliphatic rings. The van der Waals surface area contributed by atoms with Gasteiger partial charge in [-0.15, -0.1) is 0 Å². The first-order valence-electron chi connectivity index (χ1n) is 11.9. The Morgan fingerprint density at radius 2 is 1.59 bits per heavy atom. The zero-order valence-corrected chi connectivity index (χ0v) is 20.0. The number of carbonyl (C=O) groups is 2. The van der Waals surface area contributed by atoms with E-state index in [1.54, 1.807) is 23.1 Å². The molecule has 0 radical (unpaired) electrons. The largest absolute Gasteiger partial charge is 0.354 e. The fraction of sp³-hybridized carbons (Fsp3) is 0.310. The van der Waals surface area contributed by atoms with E-state index in [4.69, 9.17) is 0 Å². The summed E-state index contributed by atoms with van der Waals surface area (Å²) in [7, 11) is 0. The number of halogens is 1. The van der Waals surface area contributed by atoms with Crippen LogP contribution in [0.3, 0.4) is 0 Å². The Morgan fingerprint density at radius 3 is 2.26 bits per heavy atom. The molecule has 2 amide bonds. The quantitative estimate of drug-likeness (QED) is 0.426. The first-order chi connectivity index (χ1) is 16.5. The second-order valence-electron chi connectivity index (χ2n) is 8.60. The van der Waals surface area contributed by atoms with Crippen LogP contribution in [0.15, 0.2) is 78.9 Å². The van der Waals surface area contributed by atoms with Crippen molar-refractivity contribution >= 4 is 11.8 Å². The third-order valence-corrected chi connectivity index (χ3v) is 5.87. The lowest BCUT2D eigenvalue weighted by atomic mass is 10.0. The highest BCUT2D eigenvalue weighted by Gasteiger charge is 2.30. The molecule has 0 spiro atoms. The average molecular weight is 461 g/mol. The van der Waals surface area contributed by atoms with Crippen LogP contribution in [0.25, 0.3) is 0 Å². The van der Waals surface area contributed by atoms with Gasteiger partial charge in [0.1, 0.15) is 11.9 Å². The van der Waals surface area contributed by atoms with Crippen molar-refractivity contribution in [2.24, 2.45) is 0 Å². The Labute approximate surface area is 201 Å². The fourth-order valence-corrected chi connectivity index (χ4v) is 3.88. The Bertz CT molecular complexity index is 1070. The molecule has 178 valence electrons. The van der Waals surface area contributed by atoms with E-state index in [0.29, 0.717) is 24.9 Å². The number of hydrogen-bond acceptors (Lipinski definition) is 2. The maximum atomic E-state index is 14.6. The maximum absolute atomic E-state index is 14.6. The van der Waals surface area contributed by atoms with Crippen molar-refractivity contribution in [3.05, 3.63) is 107 Å². The van der Waals surface area contributed by atoms with E-state index < -0.39 is 6.04 Å². The molecule has 0 unspecified atom stereocenters. The lowest BCUT2D eigenvalue weighted by molar-refractivity contribution is -0.141. The number of rotatable bonds is 11. The highest BCUT2D eigenvalue weighted by atomic mass is 19.1. The molecule has 4 nitrogen and oxygen atoms in total. The highest BCUT2D eigenvalue weighted by molar-refractivity contribution is 5.88. The first kappa shape index (κ1) is 25.2. The van der Waals surface area contributed by atoms with Gasteiger partial charge < -0.3 is 10.2 Å². The SMILES string of the molecule is CCCNC(=O)[C@H](Cc1ccccc1)N(Cc1ccccc1F)C(=O)CCc1ccc(C)cc1. The van der Waals surface area contributed by atoms with Gasteiger partial charge in [-0.2, -0.15) is 0 Å². The van der Waals surface area contributed by atoms with Crippen LogP contribution in [-0.2, 0) is 29.0 Å². The van der Waals surface area contributed by atoms with Crippen molar-refractivity contribution in [3.8, 4) is 0 Å². The van der Waals surface area contributed by atoms with Crippen LogP contribution in [0.1, 0.15) is 42.0 Å². The molecule has 0 saturated carbocycles. The Morgan fingerprint density at radius 1 is 0.912 bits per heavy atom. The second-order valence-corrected chi connectivity index (χ2v) is 8.60. The molecule has 0 bridgehead atoms. The van der Waals surface area contributed by atoms with Crippen LogP contribution in [0.4, 0.5) is 4.39 Å². The first-order valence-corrected chi connectivity index (χ1v) is 11.9. The molecule has 0 heterocycles. The molecule has 0 fully saturated rings. The van der Waals surface area contributed by atoms with E-state index in [0.717, 1.165) is 23.1 Å². The van der Waals surface area contributed by atoms with Crippen LogP contribution in [0.2, 0.25) is 0 Å². The predicted molar refractivity (Wildman–Crippen MR) is 134 cm³/mol. The Kier molecular flexibility index (Phi) is 9.39. The molecular formula is C29H33FN2O2. The summed E-state index contributed by atoms with van der Waals surface area (Å²) in [6.45, 7) is 4.57. The van der Waals surface area contributed by atoms with E-state index in [-0.39, 0.29) is 30.6 Å². The van der Waals surface area contributed by atoms with Crippen molar-refractivity contribution < 1.29 is 14.0 Å². The molecule has 0 aliphatic carbocycles. The zero-order valence-electron chi connectivity index (χ0n) is 20.0. The molecule has 3 aromatic carbocycles. The van der Waals surface area contributed by atoms with Crippen molar-refractivity contribution in [3.63, 3.8) is 0 Å². The van der Waals surface area contributed by atoms with E-state index in [1.165, 1.54) is 6.07 Å². The second kappa shape index (κ2) is 12.7. The summed E-state index contributed by atoms with van der Waals surface area (Å²) >= 11 is 0. The molecule has 34 heavy (non-hydrogen) atoms. The summed E-state index contributed by atoms with van der Waals surface area (Å²) in [5, 5.41) is 2.94. The van der Waals surface area contributed by atoms with E-state index >= 15 is 0 Å². The summed E-state index contributed by atoms with van der Waals surface area (Å²) in [5.41, 5.74) is 3.56. The predicted octanol–water partition coefficient (Wildman–Crippen LogP) is 5.23. The smallest absolute Gasteiger partial charge is 0.243 e. The minimum atomic E-state index is -0.737. The van der Waals surface area contributed by atoms with E-state index in [9.17, 15) is 14.0 Å². The van der Waals surface area contributed by atoms with Gasteiger partial charge in [-0.05, 0) is 37.0 Å². The molecule has 1 atom stereocenters. The number of carbonyl (C=O) groups excluding carboxylic acids is 2. The van der Waals surface area contributed by atoms with Gasteiger partial charge in [0, 0.05) is 31.5 Å². The van der Waals surface area contributed by atoms with Crippen molar-refractivity contribution in [1.29, 1.82) is 0 Å². The highest BCUT2D eigenvalue weighted by Crippen LogP contribution is 2.18. The summed E-state index contributed by atoms with van der Waals surface area (Å²) in [6.07, 6.45) is 1.95. The topological polar surface area (TPSA) is 49.4 Å². The Hall–Kier alpha value is -3.47. The average Bonchev–Trinajstić information content (AvgIpc) is 2.85. The van der Waals surface area contributed by atoms with Crippen molar-refractivity contribution in [2.75, 3.05) is 6.54 Å². The third kappa shape index (κ3) is 7.27. The minimum Gasteiger partial charge on any atom is -0.354 e. The lowest BCUT2D eigenvalue weighted by Gasteiger charge is -2.31. The lowest BCUT2D eigenvalue weighted by Crippen LogP contribution is -2.50. The van der Waals surface area contributed by atoms with Crippen LogP contribution >= 0.6 is 0 Å². The number of aryl methyl sites for hydroxylation is 2. The van der Waals surface area contributed by atoms with Crippen molar-refractivity contribution in [2.45, 2.75) is 52.1 Å². The van der Waals surface area contributed by atoms with Gasteiger partial charge in [0.2, 0.25) is 11.8 Å². The number of nitrogens with zero attached hydrogens (tertiary/aromatic N) is 1. The van der Waals surface area contributed by atoms with Crippen LogP contribution < -0.4 is 5.32 Å². The fourth-order valence-electron chi connectivity index (χ4n) is 3.88. The number of hydrogen-bond donors (Lipinski definition) is 1. The standard InChI is InChI=1S/C29H33FN2O2/c1-3-19-31-29(34)27(20-24-9-5-4-6-10-24)32(21-25-11-7-8-12-26(25)30)28(33)18-17-23-15-13-22(2)14-16-23/h4-16,27H,3,17-21H2,1-2H3,(H,31,34)/t27-/m0/s1. The molecule has 3 aromatic rings. The van der Waals surface area contributed by atoms with Gasteiger partial charge >= 0.3 is 0 Å². The normalized spacial score (nSPS) is 11.6. The van der Waals surface area contributed by atoms with Gasteiger partial charge in [0.05, 0.1) is 0 Å². The zero-order chi connectivity index (χ0) is 24.3. The van der Waals surface area contributed by atoms with Gasteiger partial charge in [-0.3, -0.25) is 9.59 Å². The molecule has 0 aromatic heterocycles. The van der Waals surface area contributed by atoms with Gasteiger partial charge in [0.25, 0.3) is 0 Å².